The first kappa shape index (κ1) is 16.7. The molecule has 0 saturated heterocycles. The van der Waals surface area contributed by atoms with Crippen molar-refractivity contribution in [3.8, 4) is 0 Å². The van der Waals surface area contributed by atoms with Crippen LogP contribution >= 0.6 is 12.4 Å². The number of nitrogens with zero attached hydrogens (tertiary/aromatic N) is 1. The molecule has 1 N–H and O–H groups in total. The minimum Gasteiger partial charge on any atom is -0.481 e. The molecule has 4 heteroatoms. The zero-order chi connectivity index (χ0) is 12.0. The number of carboxylic acid groups (broad SMARTS) is 1. The smallest absolute Gasteiger partial charge is 0.303 e. The largest absolute Gasteiger partial charge is 0.481 e. The van der Waals surface area contributed by atoms with Gasteiger partial charge in [-0.15, -0.1) is 12.4 Å². The van der Waals surface area contributed by atoms with E-state index < -0.39 is 5.97 Å². The molecule has 1 saturated carbocycles. The molecular formula is C13H26ClNO2. The van der Waals surface area contributed by atoms with Crippen LogP contribution in [0.1, 0.15) is 51.9 Å². The number of hydrogen-bond donors (Lipinski definition) is 1. The lowest BCUT2D eigenvalue weighted by atomic mass is 9.87. The van der Waals surface area contributed by atoms with Gasteiger partial charge in [0.15, 0.2) is 0 Å². The van der Waals surface area contributed by atoms with Crippen molar-refractivity contribution in [2.24, 2.45) is 5.92 Å². The summed E-state index contributed by atoms with van der Waals surface area (Å²) in [6.45, 7) is 3.38. The lowest BCUT2D eigenvalue weighted by molar-refractivity contribution is -0.137. The van der Waals surface area contributed by atoms with E-state index in [0.717, 1.165) is 31.3 Å². The number of unbranched alkanes of at least 4 members (excludes halogenated alkanes) is 1. The number of halogens is 1. The van der Waals surface area contributed by atoms with Gasteiger partial charge in [-0.1, -0.05) is 6.92 Å². The van der Waals surface area contributed by atoms with Crippen LogP contribution in [-0.2, 0) is 4.79 Å². The van der Waals surface area contributed by atoms with Crippen molar-refractivity contribution in [2.75, 3.05) is 13.6 Å². The van der Waals surface area contributed by atoms with Crippen LogP contribution in [-0.4, -0.2) is 35.6 Å². The molecule has 1 aliphatic rings. The number of carboxylic acids is 1. The fraction of sp³-hybridized carbons (Fsp3) is 0.923. The molecule has 0 aliphatic heterocycles. The zero-order valence-electron chi connectivity index (χ0n) is 11.0. The molecule has 0 bridgehead atoms. The maximum atomic E-state index is 10.4. The highest BCUT2D eigenvalue weighted by Crippen LogP contribution is 2.26. The van der Waals surface area contributed by atoms with Crippen molar-refractivity contribution < 1.29 is 9.90 Å². The molecule has 0 spiro atoms. The highest BCUT2D eigenvalue weighted by molar-refractivity contribution is 5.85. The Kier molecular flexibility index (Phi) is 8.61. The molecular weight excluding hydrogens is 238 g/mol. The summed E-state index contributed by atoms with van der Waals surface area (Å²) in [4.78, 5) is 12.8. The third-order valence-corrected chi connectivity index (χ3v) is 3.76. The summed E-state index contributed by atoms with van der Waals surface area (Å²) in [6.07, 6.45) is 7.47. The predicted octanol–water partition coefficient (Wildman–Crippen LogP) is 3.17. The standard InChI is InChI=1S/C13H25NO2.ClH/c1-11-6-8-12(9-7-11)14(2)10-4-3-5-13(15)16;/h11-12H,3-10H2,1-2H3,(H,15,16);1H. The molecule has 17 heavy (non-hydrogen) atoms. The Labute approximate surface area is 111 Å². The van der Waals surface area contributed by atoms with E-state index in [-0.39, 0.29) is 12.4 Å². The van der Waals surface area contributed by atoms with Crippen LogP contribution in [0.2, 0.25) is 0 Å². The highest BCUT2D eigenvalue weighted by Gasteiger charge is 2.21. The van der Waals surface area contributed by atoms with Crippen LogP contribution in [0.4, 0.5) is 0 Å². The number of rotatable bonds is 6. The van der Waals surface area contributed by atoms with E-state index in [0.29, 0.717) is 6.42 Å². The summed E-state index contributed by atoms with van der Waals surface area (Å²) >= 11 is 0. The van der Waals surface area contributed by atoms with Crippen LogP contribution in [0.25, 0.3) is 0 Å². The van der Waals surface area contributed by atoms with Gasteiger partial charge in [-0.2, -0.15) is 0 Å². The van der Waals surface area contributed by atoms with Gasteiger partial charge in [0.25, 0.3) is 0 Å². The first-order chi connectivity index (χ1) is 7.59. The summed E-state index contributed by atoms with van der Waals surface area (Å²) < 4.78 is 0. The van der Waals surface area contributed by atoms with Crippen molar-refractivity contribution in [1.82, 2.24) is 4.90 Å². The average molecular weight is 264 g/mol. The number of hydrogen-bond acceptors (Lipinski definition) is 2. The molecule has 0 aromatic carbocycles. The zero-order valence-corrected chi connectivity index (χ0v) is 11.8. The van der Waals surface area contributed by atoms with Gasteiger partial charge >= 0.3 is 5.97 Å². The number of carbonyl (C=O) groups is 1. The van der Waals surface area contributed by atoms with Gasteiger partial charge in [-0.25, -0.2) is 0 Å². The summed E-state index contributed by atoms with van der Waals surface area (Å²) in [5, 5.41) is 8.54. The molecule has 0 heterocycles. The monoisotopic (exact) mass is 263 g/mol. The van der Waals surface area contributed by atoms with E-state index in [1.165, 1.54) is 25.7 Å². The lowest BCUT2D eigenvalue weighted by Crippen LogP contribution is -2.35. The van der Waals surface area contributed by atoms with Crippen molar-refractivity contribution in [3.05, 3.63) is 0 Å². The molecule has 0 amide bonds. The Balaban J connectivity index is 0.00000256. The van der Waals surface area contributed by atoms with E-state index in [2.05, 4.69) is 18.9 Å². The Hall–Kier alpha value is -0.280. The fourth-order valence-electron chi connectivity index (χ4n) is 2.50. The maximum absolute atomic E-state index is 10.4. The fourth-order valence-corrected chi connectivity index (χ4v) is 2.50. The number of aliphatic carboxylic acids is 1. The normalized spacial score (nSPS) is 24.4. The molecule has 102 valence electrons. The van der Waals surface area contributed by atoms with Crippen LogP contribution in [0.3, 0.4) is 0 Å². The van der Waals surface area contributed by atoms with E-state index in [4.69, 9.17) is 5.11 Å². The summed E-state index contributed by atoms with van der Waals surface area (Å²) in [5.74, 6) is 0.228. The topological polar surface area (TPSA) is 40.5 Å². The third-order valence-electron chi connectivity index (χ3n) is 3.76. The molecule has 1 aliphatic carbocycles. The molecule has 0 unspecified atom stereocenters. The van der Waals surface area contributed by atoms with E-state index in [1.807, 2.05) is 0 Å². The van der Waals surface area contributed by atoms with Gasteiger partial charge in [-0.05, 0) is 58.0 Å². The summed E-state index contributed by atoms with van der Waals surface area (Å²) in [6, 6.07) is 0.737. The highest BCUT2D eigenvalue weighted by atomic mass is 35.5. The van der Waals surface area contributed by atoms with Crippen molar-refractivity contribution in [1.29, 1.82) is 0 Å². The second-order valence-electron chi connectivity index (χ2n) is 5.25. The van der Waals surface area contributed by atoms with Crippen LogP contribution in [0.5, 0.6) is 0 Å². The van der Waals surface area contributed by atoms with Gasteiger partial charge in [-0.3, -0.25) is 4.79 Å². The molecule has 0 aromatic rings. The van der Waals surface area contributed by atoms with Gasteiger partial charge in [0.05, 0.1) is 0 Å². The molecule has 3 nitrogen and oxygen atoms in total. The minimum absolute atomic E-state index is 0. The van der Waals surface area contributed by atoms with Gasteiger partial charge < -0.3 is 10.0 Å². The quantitative estimate of drug-likeness (QED) is 0.749. The minimum atomic E-state index is -0.672. The van der Waals surface area contributed by atoms with E-state index in [9.17, 15) is 4.79 Å². The molecule has 0 aromatic heterocycles. The Morgan fingerprint density at radius 3 is 2.35 bits per heavy atom. The molecule has 0 radical (unpaired) electrons. The van der Waals surface area contributed by atoms with Crippen LogP contribution < -0.4 is 0 Å². The molecule has 0 atom stereocenters. The van der Waals surface area contributed by atoms with Gasteiger partial charge in [0.2, 0.25) is 0 Å². The lowest BCUT2D eigenvalue weighted by Gasteiger charge is -2.33. The Morgan fingerprint density at radius 2 is 1.82 bits per heavy atom. The third kappa shape index (κ3) is 6.89. The van der Waals surface area contributed by atoms with Crippen molar-refractivity contribution in [2.45, 2.75) is 57.9 Å². The predicted molar refractivity (Wildman–Crippen MR) is 72.8 cm³/mol. The average Bonchev–Trinajstić information content (AvgIpc) is 2.25. The Morgan fingerprint density at radius 1 is 1.24 bits per heavy atom. The van der Waals surface area contributed by atoms with Crippen molar-refractivity contribution >= 4 is 18.4 Å². The molecule has 1 fully saturated rings. The van der Waals surface area contributed by atoms with Gasteiger partial charge in [0, 0.05) is 12.5 Å². The Bertz CT molecular complexity index is 215. The van der Waals surface area contributed by atoms with Crippen LogP contribution in [0, 0.1) is 5.92 Å². The first-order valence-corrected chi connectivity index (χ1v) is 6.51. The SMILES string of the molecule is CC1CCC(N(C)CCCCC(=O)O)CC1.Cl. The summed E-state index contributed by atoms with van der Waals surface area (Å²) in [5.41, 5.74) is 0. The van der Waals surface area contributed by atoms with Gasteiger partial charge in [0.1, 0.15) is 0 Å². The first-order valence-electron chi connectivity index (χ1n) is 6.51. The second-order valence-corrected chi connectivity index (χ2v) is 5.25. The van der Waals surface area contributed by atoms with Crippen molar-refractivity contribution in [3.63, 3.8) is 0 Å². The van der Waals surface area contributed by atoms with E-state index in [1.54, 1.807) is 0 Å². The van der Waals surface area contributed by atoms with Crippen LogP contribution in [0.15, 0.2) is 0 Å². The van der Waals surface area contributed by atoms with E-state index >= 15 is 0 Å². The summed E-state index contributed by atoms with van der Waals surface area (Å²) in [7, 11) is 2.18. The maximum Gasteiger partial charge on any atom is 0.303 e. The second kappa shape index (κ2) is 8.76. The molecule has 1 rings (SSSR count).